The van der Waals surface area contributed by atoms with E-state index in [0.29, 0.717) is 0 Å². The van der Waals surface area contributed by atoms with E-state index in [9.17, 15) is 0 Å². The molecule has 2 heteroatoms. The molecule has 12 heavy (non-hydrogen) atoms. The van der Waals surface area contributed by atoms with Gasteiger partial charge in [-0.15, -0.1) is 0 Å². The van der Waals surface area contributed by atoms with E-state index in [1.165, 1.54) is 38.6 Å². The summed E-state index contributed by atoms with van der Waals surface area (Å²) in [5.74, 6) is 1.11. The van der Waals surface area contributed by atoms with Crippen LogP contribution in [0, 0.1) is 5.92 Å². The van der Waals surface area contributed by atoms with Crippen molar-refractivity contribution in [1.82, 2.24) is 5.32 Å². The molecule has 0 aliphatic heterocycles. The van der Waals surface area contributed by atoms with Crippen LogP contribution in [0.1, 0.15) is 38.5 Å². The van der Waals surface area contributed by atoms with Crippen LogP contribution in [-0.4, -0.2) is 19.6 Å². The van der Waals surface area contributed by atoms with Gasteiger partial charge in [0.1, 0.15) is 0 Å². The molecule has 0 atom stereocenters. The molecule has 0 saturated heterocycles. The molecule has 72 valence electrons. The number of hydrogen-bond donors (Lipinski definition) is 2. The van der Waals surface area contributed by atoms with Crippen LogP contribution < -0.4 is 11.1 Å². The van der Waals surface area contributed by atoms with Crippen LogP contribution in [0.5, 0.6) is 0 Å². The van der Waals surface area contributed by atoms with Gasteiger partial charge < -0.3 is 11.1 Å². The minimum atomic E-state index is 0.815. The molecule has 0 bridgehead atoms. The molecule has 0 aromatic heterocycles. The minimum Gasteiger partial charge on any atom is -0.330 e. The standard InChI is InChI=1S/C10H22N2/c11-7-3-9-12-8-2-1-4-10-5-6-10/h10,12H,1-9,11H2. The zero-order chi connectivity index (χ0) is 8.65. The van der Waals surface area contributed by atoms with Crippen molar-refractivity contribution in [2.24, 2.45) is 11.7 Å². The molecule has 1 aliphatic rings. The first-order valence-electron chi connectivity index (χ1n) is 5.34. The SMILES string of the molecule is NCCCNCCCCC1CC1. The molecule has 2 nitrogen and oxygen atoms in total. The number of nitrogens with two attached hydrogens (primary N) is 1. The molecule has 1 aliphatic carbocycles. The molecule has 1 rings (SSSR count). The number of rotatable bonds is 8. The topological polar surface area (TPSA) is 38.0 Å². The highest BCUT2D eigenvalue weighted by Crippen LogP contribution is 2.33. The molecular formula is C10H22N2. The Morgan fingerprint density at radius 3 is 2.50 bits per heavy atom. The Labute approximate surface area is 75.9 Å². The van der Waals surface area contributed by atoms with E-state index in [1.54, 1.807) is 0 Å². The van der Waals surface area contributed by atoms with E-state index >= 15 is 0 Å². The maximum Gasteiger partial charge on any atom is -0.00369 e. The Morgan fingerprint density at radius 1 is 1.08 bits per heavy atom. The summed E-state index contributed by atoms with van der Waals surface area (Å²) in [6, 6.07) is 0. The normalized spacial score (nSPS) is 16.8. The van der Waals surface area contributed by atoms with Gasteiger partial charge in [0.2, 0.25) is 0 Å². The lowest BCUT2D eigenvalue weighted by Crippen LogP contribution is -2.19. The van der Waals surface area contributed by atoms with Gasteiger partial charge in [-0.25, -0.2) is 0 Å². The van der Waals surface area contributed by atoms with E-state index in [4.69, 9.17) is 5.73 Å². The fraction of sp³-hybridized carbons (Fsp3) is 1.00. The summed E-state index contributed by atoms with van der Waals surface area (Å²) < 4.78 is 0. The molecule has 1 saturated carbocycles. The number of nitrogens with one attached hydrogen (secondary N) is 1. The van der Waals surface area contributed by atoms with Crippen LogP contribution in [0.4, 0.5) is 0 Å². The highest BCUT2D eigenvalue weighted by Gasteiger charge is 2.19. The summed E-state index contributed by atoms with van der Waals surface area (Å²) >= 11 is 0. The molecule has 0 radical (unpaired) electrons. The first kappa shape index (κ1) is 10.0. The van der Waals surface area contributed by atoms with Gasteiger partial charge in [0.25, 0.3) is 0 Å². The van der Waals surface area contributed by atoms with Gasteiger partial charge in [0.05, 0.1) is 0 Å². The molecule has 0 heterocycles. The Balaban J connectivity index is 1.65. The van der Waals surface area contributed by atoms with Crippen molar-refractivity contribution in [3.05, 3.63) is 0 Å². The van der Waals surface area contributed by atoms with Crippen LogP contribution in [0.3, 0.4) is 0 Å². The van der Waals surface area contributed by atoms with Crippen molar-refractivity contribution >= 4 is 0 Å². The summed E-state index contributed by atoms with van der Waals surface area (Å²) in [6.45, 7) is 3.10. The largest absolute Gasteiger partial charge is 0.330 e. The lowest BCUT2D eigenvalue weighted by atomic mass is 10.2. The van der Waals surface area contributed by atoms with Gasteiger partial charge in [-0.2, -0.15) is 0 Å². The van der Waals surface area contributed by atoms with Crippen molar-refractivity contribution in [1.29, 1.82) is 0 Å². The maximum atomic E-state index is 5.38. The summed E-state index contributed by atoms with van der Waals surface area (Å²) in [6.07, 6.45) is 8.35. The minimum absolute atomic E-state index is 0.815. The first-order valence-corrected chi connectivity index (χ1v) is 5.34. The average Bonchev–Trinajstić information content (AvgIpc) is 2.87. The van der Waals surface area contributed by atoms with Crippen LogP contribution in [0.2, 0.25) is 0 Å². The molecule has 0 unspecified atom stereocenters. The van der Waals surface area contributed by atoms with Gasteiger partial charge in [0, 0.05) is 0 Å². The lowest BCUT2D eigenvalue weighted by molar-refractivity contribution is 0.572. The van der Waals surface area contributed by atoms with Gasteiger partial charge in [-0.05, 0) is 38.4 Å². The third-order valence-corrected chi connectivity index (χ3v) is 2.47. The monoisotopic (exact) mass is 170 g/mol. The van der Waals surface area contributed by atoms with Crippen LogP contribution >= 0.6 is 0 Å². The second-order valence-corrected chi connectivity index (χ2v) is 3.83. The first-order chi connectivity index (χ1) is 5.93. The Hall–Kier alpha value is -0.0800. The van der Waals surface area contributed by atoms with Gasteiger partial charge in [0.15, 0.2) is 0 Å². The summed E-state index contributed by atoms with van der Waals surface area (Å²) in [4.78, 5) is 0. The van der Waals surface area contributed by atoms with Crippen molar-refractivity contribution in [2.45, 2.75) is 38.5 Å². The Morgan fingerprint density at radius 2 is 1.83 bits per heavy atom. The average molecular weight is 170 g/mol. The predicted octanol–water partition coefficient (Wildman–Crippen LogP) is 1.51. The van der Waals surface area contributed by atoms with Crippen molar-refractivity contribution in [2.75, 3.05) is 19.6 Å². The maximum absolute atomic E-state index is 5.38. The second-order valence-electron chi connectivity index (χ2n) is 3.83. The molecule has 0 spiro atoms. The zero-order valence-electron chi connectivity index (χ0n) is 8.02. The van der Waals surface area contributed by atoms with Gasteiger partial charge in [-0.3, -0.25) is 0 Å². The van der Waals surface area contributed by atoms with Gasteiger partial charge in [-0.1, -0.05) is 25.7 Å². The van der Waals surface area contributed by atoms with E-state index in [2.05, 4.69) is 5.32 Å². The van der Waals surface area contributed by atoms with Gasteiger partial charge >= 0.3 is 0 Å². The highest BCUT2D eigenvalue weighted by atomic mass is 14.8. The quantitative estimate of drug-likeness (QED) is 0.542. The van der Waals surface area contributed by atoms with E-state index in [-0.39, 0.29) is 0 Å². The molecule has 0 aromatic rings. The molecule has 0 amide bonds. The molecule has 0 aromatic carbocycles. The predicted molar refractivity (Wildman–Crippen MR) is 53.1 cm³/mol. The third kappa shape index (κ3) is 5.56. The van der Waals surface area contributed by atoms with Crippen molar-refractivity contribution in [3.8, 4) is 0 Å². The Bertz CT molecular complexity index is 100. The fourth-order valence-corrected chi connectivity index (χ4v) is 1.44. The smallest absolute Gasteiger partial charge is 0.00369 e. The highest BCUT2D eigenvalue weighted by molar-refractivity contribution is 4.72. The number of hydrogen-bond acceptors (Lipinski definition) is 2. The molecular weight excluding hydrogens is 148 g/mol. The third-order valence-electron chi connectivity index (χ3n) is 2.47. The van der Waals surface area contributed by atoms with Crippen LogP contribution in [-0.2, 0) is 0 Å². The van der Waals surface area contributed by atoms with E-state index < -0.39 is 0 Å². The van der Waals surface area contributed by atoms with E-state index in [1.807, 2.05) is 0 Å². The summed E-state index contributed by atoms with van der Waals surface area (Å²) in [5.41, 5.74) is 5.38. The van der Waals surface area contributed by atoms with Crippen molar-refractivity contribution in [3.63, 3.8) is 0 Å². The van der Waals surface area contributed by atoms with Crippen LogP contribution in [0.15, 0.2) is 0 Å². The van der Waals surface area contributed by atoms with Crippen LogP contribution in [0.25, 0.3) is 0 Å². The summed E-state index contributed by atoms with van der Waals surface area (Å²) in [5, 5.41) is 3.40. The van der Waals surface area contributed by atoms with Crippen molar-refractivity contribution < 1.29 is 0 Å². The summed E-state index contributed by atoms with van der Waals surface area (Å²) in [7, 11) is 0. The Kier molecular flexibility index (Phi) is 5.37. The second kappa shape index (κ2) is 6.44. The fourth-order valence-electron chi connectivity index (χ4n) is 1.44. The number of unbranched alkanes of at least 4 members (excludes halogenated alkanes) is 1. The molecule has 3 N–H and O–H groups in total. The van der Waals surface area contributed by atoms with E-state index in [0.717, 1.165) is 25.4 Å². The molecule has 1 fully saturated rings. The lowest BCUT2D eigenvalue weighted by Gasteiger charge is -2.02. The zero-order valence-corrected chi connectivity index (χ0v) is 8.02.